The van der Waals surface area contributed by atoms with Crippen molar-refractivity contribution in [2.75, 3.05) is 13.2 Å². The van der Waals surface area contributed by atoms with Crippen molar-refractivity contribution in [3.63, 3.8) is 0 Å². The summed E-state index contributed by atoms with van der Waals surface area (Å²) in [5.74, 6) is -0.0622. The Balaban J connectivity index is 1.95. The number of carbonyl (C=O) groups is 1. The van der Waals surface area contributed by atoms with Gasteiger partial charge in [0, 0.05) is 12.6 Å². The largest absolute Gasteiger partial charge is 0.480 e. The first-order chi connectivity index (χ1) is 8.59. The van der Waals surface area contributed by atoms with Crippen molar-refractivity contribution in [2.24, 2.45) is 5.92 Å². The van der Waals surface area contributed by atoms with Gasteiger partial charge in [-0.15, -0.1) is 0 Å². The number of nitrogens with zero attached hydrogens (tertiary/aromatic N) is 1. The monoisotopic (exact) mass is 255 g/mol. The van der Waals surface area contributed by atoms with E-state index in [-0.39, 0.29) is 12.1 Å². The van der Waals surface area contributed by atoms with Crippen LogP contribution in [0.2, 0.25) is 0 Å². The third-order valence-corrected chi connectivity index (χ3v) is 4.31. The first-order valence-electron chi connectivity index (χ1n) is 7.19. The van der Waals surface area contributed by atoms with Crippen molar-refractivity contribution >= 4 is 5.97 Å². The van der Waals surface area contributed by atoms with Crippen LogP contribution in [0.1, 0.15) is 46.0 Å². The second-order valence-electron chi connectivity index (χ2n) is 5.86. The maximum absolute atomic E-state index is 11.4. The van der Waals surface area contributed by atoms with Crippen LogP contribution in [0, 0.1) is 5.92 Å². The molecule has 18 heavy (non-hydrogen) atoms. The molecule has 0 unspecified atom stereocenters. The van der Waals surface area contributed by atoms with E-state index in [9.17, 15) is 9.90 Å². The molecular formula is C14H25NO3. The van der Waals surface area contributed by atoms with E-state index in [0.717, 1.165) is 19.4 Å². The number of rotatable bonds is 5. The molecule has 4 heteroatoms. The summed E-state index contributed by atoms with van der Waals surface area (Å²) < 4.78 is 5.58. The summed E-state index contributed by atoms with van der Waals surface area (Å²) in [5.41, 5.74) is 0. The molecule has 0 aromatic heterocycles. The van der Waals surface area contributed by atoms with E-state index in [1.54, 1.807) is 0 Å². The highest BCUT2D eigenvalue weighted by molar-refractivity contribution is 5.74. The van der Waals surface area contributed by atoms with E-state index in [1.165, 1.54) is 19.3 Å². The molecular weight excluding hydrogens is 230 g/mol. The highest BCUT2D eigenvalue weighted by atomic mass is 16.5. The van der Waals surface area contributed by atoms with E-state index in [4.69, 9.17) is 4.74 Å². The number of hydrogen-bond donors (Lipinski definition) is 1. The van der Waals surface area contributed by atoms with Gasteiger partial charge in [0.15, 0.2) is 0 Å². The first-order valence-corrected chi connectivity index (χ1v) is 7.19. The fraction of sp³-hybridized carbons (Fsp3) is 0.929. The minimum atomic E-state index is -0.658. The summed E-state index contributed by atoms with van der Waals surface area (Å²) in [4.78, 5) is 13.6. The molecule has 0 amide bonds. The number of carboxylic acids is 1. The van der Waals surface area contributed by atoms with Crippen molar-refractivity contribution in [1.29, 1.82) is 0 Å². The zero-order chi connectivity index (χ0) is 13.1. The van der Waals surface area contributed by atoms with Gasteiger partial charge in [-0.2, -0.15) is 0 Å². The summed E-state index contributed by atoms with van der Waals surface area (Å²) in [6, 6.07) is 0.199. The summed E-state index contributed by atoms with van der Waals surface area (Å²) in [5, 5.41) is 9.36. The number of aliphatic carboxylic acids is 1. The molecule has 4 nitrogen and oxygen atoms in total. The Hall–Kier alpha value is -0.610. The van der Waals surface area contributed by atoms with Gasteiger partial charge in [0.2, 0.25) is 0 Å². The molecule has 3 atom stereocenters. The topological polar surface area (TPSA) is 49.8 Å². The first kappa shape index (κ1) is 13.8. The molecule has 1 saturated carbocycles. The quantitative estimate of drug-likeness (QED) is 0.817. The second kappa shape index (κ2) is 6.02. The standard InChI is InChI=1S/C14H25NO3/c1-10(2)18-8-7-15-12-6-4-3-5-11(12)9-13(15)14(16)17/h10-13H,3-9H2,1-2H3,(H,16,17)/t11-,12-,13+/m1/s1. The van der Waals surface area contributed by atoms with Crippen LogP contribution in [0.3, 0.4) is 0 Å². The van der Waals surface area contributed by atoms with E-state index < -0.39 is 5.97 Å². The second-order valence-corrected chi connectivity index (χ2v) is 5.86. The molecule has 1 aliphatic carbocycles. The molecule has 0 aromatic carbocycles. The Morgan fingerprint density at radius 3 is 2.78 bits per heavy atom. The van der Waals surface area contributed by atoms with Gasteiger partial charge in [-0.3, -0.25) is 9.69 Å². The SMILES string of the molecule is CC(C)OCCN1[C@@H]2CCCC[C@@H]2C[C@H]1C(=O)O. The van der Waals surface area contributed by atoms with Gasteiger partial charge in [-0.1, -0.05) is 12.8 Å². The summed E-state index contributed by atoms with van der Waals surface area (Å²) in [6.45, 7) is 5.44. The number of carboxylic acid groups (broad SMARTS) is 1. The smallest absolute Gasteiger partial charge is 0.320 e. The van der Waals surface area contributed by atoms with Crippen LogP contribution in [0.5, 0.6) is 0 Å². The Morgan fingerprint density at radius 1 is 1.39 bits per heavy atom. The van der Waals surface area contributed by atoms with Crippen LogP contribution in [-0.2, 0) is 9.53 Å². The van der Waals surface area contributed by atoms with Crippen molar-refractivity contribution < 1.29 is 14.6 Å². The van der Waals surface area contributed by atoms with Gasteiger partial charge in [0.25, 0.3) is 0 Å². The van der Waals surface area contributed by atoms with Crippen LogP contribution in [0.25, 0.3) is 0 Å². The lowest BCUT2D eigenvalue weighted by atomic mass is 9.85. The lowest BCUT2D eigenvalue weighted by molar-refractivity contribution is -0.143. The Morgan fingerprint density at radius 2 is 2.11 bits per heavy atom. The fourth-order valence-electron chi connectivity index (χ4n) is 3.51. The van der Waals surface area contributed by atoms with Crippen LogP contribution < -0.4 is 0 Å². The lowest BCUT2D eigenvalue weighted by Crippen LogP contribution is -2.44. The third kappa shape index (κ3) is 3.04. The Kier molecular flexibility index (Phi) is 4.62. The van der Waals surface area contributed by atoms with Crippen LogP contribution in [0.15, 0.2) is 0 Å². The lowest BCUT2D eigenvalue weighted by Gasteiger charge is -2.33. The van der Waals surface area contributed by atoms with Gasteiger partial charge in [0.1, 0.15) is 6.04 Å². The molecule has 1 saturated heterocycles. The van der Waals surface area contributed by atoms with Gasteiger partial charge in [-0.05, 0) is 39.0 Å². The molecule has 1 heterocycles. The van der Waals surface area contributed by atoms with E-state index in [0.29, 0.717) is 18.6 Å². The fourth-order valence-corrected chi connectivity index (χ4v) is 3.51. The molecule has 1 aliphatic heterocycles. The minimum Gasteiger partial charge on any atom is -0.480 e. The van der Waals surface area contributed by atoms with Gasteiger partial charge >= 0.3 is 5.97 Å². The van der Waals surface area contributed by atoms with E-state index in [1.807, 2.05) is 13.8 Å². The highest BCUT2D eigenvalue weighted by Gasteiger charge is 2.44. The number of likely N-dealkylation sites (tertiary alicyclic amines) is 1. The van der Waals surface area contributed by atoms with Crippen molar-refractivity contribution in [2.45, 2.75) is 64.1 Å². The maximum Gasteiger partial charge on any atom is 0.320 e. The van der Waals surface area contributed by atoms with Crippen LogP contribution in [-0.4, -0.2) is 47.3 Å². The van der Waals surface area contributed by atoms with Crippen molar-refractivity contribution in [3.05, 3.63) is 0 Å². The average molecular weight is 255 g/mol. The number of hydrogen-bond acceptors (Lipinski definition) is 3. The third-order valence-electron chi connectivity index (χ3n) is 4.31. The normalized spacial score (nSPS) is 32.7. The number of ether oxygens (including phenoxy) is 1. The molecule has 2 rings (SSSR count). The molecule has 104 valence electrons. The molecule has 0 radical (unpaired) electrons. The zero-order valence-electron chi connectivity index (χ0n) is 11.5. The molecule has 0 spiro atoms. The van der Waals surface area contributed by atoms with Gasteiger partial charge < -0.3 is 9.84 Å². The molecule has 1 N–H and O–H groups in total. The van der Waals surface area contributed by atoms with Crippen LogP contribution >= 0.6 is 0 Å². The summed E-state index contributed by atoms with van der Waals surface area (Å²) in [6.07, 6.45) is 5.94. The van der Waals surface area contributed by atoms with E-state index in [2.05, 4.69) is 4.90 Å². The average Bonchev–Trinajstić information content (AvgIpc) is 2.68. The zero-order valence-corrected chi connectivity index (χ0v) is 11.5. The Bertz CT molecular complexity index is 293. The van der Waals surface area contributed by atoms with Crippen molar-refractivity contribution in [3.8, 4) is 0 Å². The predicted molar refractivity (Wildman–Crippen MR) is 69.6 cm³/mol. The highest BCUT2D eigenvalue weighted by Crippen LogP contribution is 2.39. The van der Waals surface area contributed by atoms with Crippen LogP contribution in [0.4, 0.5) is 0 Å². The van der Waals surface area contributed by atoms with Crippen molar-refractivity contribution in [1.82, 2.24) is 4.90 Å². The predicted octanol–water partition coefficient (Wildman–Crippen LogP) is 2.13. The summed E-state index contributed by atoms with van der Waals surface area (Å²) >= 11 is 0. The molecule has 2 aliphatic rings. The molecule has 2 fully saturated rings. The maximum atomic E-state index is 11.4. The minimum absolute atomic E-state index is 0.220. The molecule has 0 bridgehead atoms. The van der Waals surface area contributed by atoms with E-state index >= 15 is 0 Å². The van der Waals surface area contributed by atoms with Gasteiger partial charge in [0.05, 0.1) is 12.7 Å². The summed E-state index contributed by atoms with van der Waals surface area (Å²) in [7, 11) is 0. The molecule has 0 aromatic rings. The number of fused-ring (bicyclic) bond motifs is 1. The Labute approximate surface area is 109 Å². The van der Waals surface area contributed by atoms with Gasteiger partial charge in [-0.25, -0.2) is 0 Å².